The molecule has 0 heterocycles. The first-order chi connectivity index (χ1) is 12.5. The third-order valence-corrected chi connectivity index (χ3v) is 3.27. The molecule has 0 atom stereocenters. The Hall–Kier alpha value is -3.71. The summed E-state index contributed by atoms with van der Waals surface area (Å²) in [6, 6.07) is 11.6. The lowest BCUT2D eigenvalue weighted by atomic mass is 10.1. The van der Waals surface area contributed by atoms with Crippen molar-refractivity contribution in [3.63, 3.8) is 0 Å². The summed E-state index contributed by atoms with van der Waals surface area (Å²) in [7, 11) is 0. The molecular formula is C19H13F2N5. The van der Waals surface area contributed by atoms with Gasteiger partial charge in [0, 0.05) is 12.4 Å². The smallest absolute Gasteiger partial charge is 0.140 e. The minimum absolute atomic E-state index is 0.0651. The maximum atomic E-state index is 13.2. The van der Waals surface area contributed by atoms with Gasteiger partial charge in [-0.2, -0.15) is 10.5 Å². The second-order valence-electron chi connectivity index (χ2n) is 5.25. The van der Waals surface area contributed by atoms with Crippen LogP contribution in [0.15, 0.2) is 46.4 Å². The Morgan fingerprint density at radius 3 is 1.69 bits per heavy atom. The molecule has 0 aliphatic rings. The van der Waals surface area contributed by atoms with Gasteiger partial charge in [0.05, 0.1) is 29.9 Å². The molecule has 0 aliphatic carbocycles. The number of hydrogen-bond donors (Lipinski definition) is 1. The third-order valence-electron chi connectivity index (χ3n) is 3.27. The molecule has 2 aromatic carbocycles. The summed E-state index contributed by atoms with van der Waals surface area (Å²) in [5.41, 5.74) is 1.24. The summed E-state index contributed by atoms with van der Waals surface area (Å²) in [4.78, 5) is 8.13. The molecule has 0 radical (unpaired) electrons. The zero-order chi connectivity index (χ0) is 18.9. The fraction of sp³-hybridized carbons (Fsp3) is 0.105. The molecule has 0 saturated heterocycles. The van der Waals surface area contributed by atoms with Crippen LogP contribution >= 0.6 is 0 Å². The third kappa shape index (κ3) is 5.15. The average molecular weight is 349 g/mol. The Balaban J connectivity index is 1.89. The fourth-order valence-corrected chi connectivity index (χ4v) is 1.99. The fourth-order valence-electron chi connectivity index (χ4n) is 1.99. The predicted molar refractivity (Wildman–Crippen MR) is 94.9 cm³/mol. The van der Waals surface area contributed by atoms with Gasteiger partial charge in [-0.1, -0.05) is 12.1 Å². The highest BCUT2D eigenvalue weighted by Crippen LogP contribution is 2.08. The molecular weight excluding hydrogens is 336 g/mol. The van der Waals surface area contributed by atoms with E-state index in [0.717, 1.165) is 0 Å². The van der Waals surface area contributed by atoms with Gasteiger partial charge in [-0.3, -0.25) is 9.98 Å². The first-order valence-electron chi connectivity index (χ1n) is 7.48. The molecule has 0 bridgehead atoms. The molecule has 26 heavy (non-hydrogen) atoms. The van der Waals surface area contributed by atoms with Gasteiger partial charge < -0.3 is 5.41 Å². The highest BCUT2D eigenvalue weighted by Gasteiger charge is 2.02. The molecule has 0 fully saturated rings. The number of halogens is 2. The predicted octanol–water partition coefficient (Wildman–Crippen LogP) is 3.27. The molecule has 0 unspecified atom stereocenters. The number of nitriles is 2. The first kappa shape index (κ1) is 18.6. The van der Waals surface area contributed by atoms with Crippen molar-refractivity contribution in [1.82, 2.24) is 0 Å². The van der Waals surface area contributed by atoms with Crippen molar-refractivity contribution in [3.8, 4) is 12.1 Å². The van der Waals surface area contributed by atoms with E-state index < -0.39 is 11.6 Å². The summed E-state index contributed by atoms with van der Waals surface area (Å²) in [5, 5.41) is 25.3. The second kappa shape index (κ2) is 8.95. The van der Waals surface area contributed by atoms with Crippen molar-refractivity contribution < 1.29 is 8.78 Å². The molecule has 2 aromatic rings. The van der Waals surface area contributed by atoms with E-state index in [2.05, 4.69) is 9.98 Å². The lowest BCUT2D eigenvalue weighted by Gasteiger charge is -1.98. The Morgan fingerprint density at radius 2 is 1.31 bits per heavy atom. The minimum Gasteiger partial charge on any atom is -0.306 e. The summed E-state index contributed by atoms with van der Waals surface area (Å²) in [5.74, 6) is -1.18. The van der Waals surface area contributed by atoms with E-state index in [-0.39, 0.29) is 29.9 Å². The molecule has 2 rings (SSSR count). The molecule has 0 spiro atoms. The van der Waals surface area contributed by atoms with Crippen LogP contribution in [0.5, 0.6) is 0 Å². The molecule has 7 heteroatoms. The van der Waals surface area contributed by atoms with Crippen LogP contribution in [-0.4, -0.2) is 31.2 Å². The van der Waals surface area contributed by atoms with Gasteiger partial charge in [-0.25, -0.2) is 8.78 Å². The van der Waals surface area contributed by atoms with Crippen LogP contribution in [0.1, 0.15) is 22.3 Å². The van der Waals surface area contributed by atoms with Crippen LogP contribution in [0.2, 0.25) is 0 Å². The van der Waals surface area contributed by atoms with Crippen molar-refractivity contribution in [1.29, 1.82) is 15.9 Å². The summed E-state index contributed by atoms with van der Waals surface area (Å²) in [6.07, 6.45) is 2.91. The quantitative estimate of drug-likeness (QED) is 0.810. The Labute approximate surface area is 149 Å². The Kier molecular flexibility index (Phi) is 6.41. The number of rotatable bonds is 6. The van der Waals surface area contributed by atoms with Crippen LogP contribution in [0.4, 0.5) is 8.78 Å². The van der Waals surface area contributed by atoms with Gasteiger partial charge in [-0.15, -0.1) is 0 Å². The molecule has 0 saturated carbocycles. The Morgan fingerprint density at radius 1 is 0.885 bits per heavy atom. The van der Waals surface area contributed by atoms with Crippen molar-refractivity contribution >= 4 is 18.1 Å². The molecule has 5 nitrogen and oxygen atoms in total. The zero-order valence-corrected chi connectivity index (χ0v) is 13.6. The maximum Gasteiger partial charge on any atom is 0.140 e. The Bertz CT molecular complexity index is 887. The van der Waals surface area contributed by atoms with Gasteiger partial charge in [0.2, 0.25) is 0 Å². The number of hydrogen-bond acceptors (Lipinski definition) is 5. The lowest BCUT2D eigenvalue weighted by Crippen LogP contribution is -2.06. The summed E-state index contributed by atoms with van der Waals surface area (Å²) >= 11 is 0. The van der Waals surface area contributed by atoms with Crippen LogP contribution in [0.3, 0.4) is 0 Å². The van der Waals surface area contributed by atoms with E-state index in [4.69, 9.17) is 15.9 Å². The van der Waals surface area contributed by atoms with Gasteiger partial charge in [0.15, 0.2) is 0 Å². The van der Waals surface area contributed by atoms with Crippen LogP contribution in [0, 0.1) is 39.7 Å². The van der Waals surface area contributed by atoms with Crippen molar-refractivity contribution in [2.45, 2.75) is 0 Å². The normalized spacial score (nSPS) is 10.8. The van der Waals surface area contributed by atoms with Crippen molar-refractivity contribution in [2.24, 2.45) is 9.98 Å². The van der Waals surface area contributed by atoms with Gasteiger partial charge in [0.1, 0.15) is 23.8 Å². The van der Waals surface area contributed by atoms with Gasteiger partial charge in [0.25, 0.3) is 0 Å². The molecule has 128 valence electrons. The van der Waals surface area contributed by atoms with Crippen molar-refractivity contribution in [3.05, 3.63) is 70.3 Å². The molecule has 0 amide bonds. The van der Waals surface area contributed by atoms with E-state index in [0.29, 0.717) is 11.1 Å². The van der Waals surface area contributed by atoms with E-state index in [1.54, 1.807) is 12.1 Å². The molecule has 1 N–H and O–H groups in total. The largest absolute Gasteiger partial charge is 0.306 e. The van der Waals surface area contributed by atoms with E-state index >= 15 is 0 Å². The molecule has 0 aromatic heterocycles. The van der Waals surface area contributed by atoms with E-state index in [9.17, 15) is 8.78 Å². The second-order valence-corrected chi connectivity index (χ2v) is 5.25. The monoisotopic (exact) mass is 349 g/mol. The maximum absolute atomic E-state index is 13.2. The zero-order valence-electron chi connectivity index (χ0n) is 13.6. The lowest BCUT2D eigenvalue weighted by molar-refractivity contribution is 0.623. The van der Waals surface area contributed by atoms with Crippen LogP contribution < -0.4 is 0 Å². The topological polar surface area (TPSA) is 96.2 Å². The highest BCUT2D eigenvalue weighted by atomic mass is 19.1. The van der Waals surface area contributed by atoms with Gasteiger partial charge >= 0.3 is 0 Å². The van der Waals surface area contributed by atoms with Gasteiger partial charge in [-0.05, 0) is 35.4 Å². The summed E-state index contributed by atoms with van der Waals surface area (Å²) in [6.45, 7) is 0.201. The van der Waals surface area contributed by atoms with E-state index in [1.807, 2.05) is 0 Å². The standard InChI is InChI=1S/C19H13F2N5/c20-18-3-1-13(5-15(18)7-22)9-25-11-17(24)12-26-10-14-2-4-19(21)16(6-14)8-23/h1-6,9-10,24H,11-12H2. The van der Waals surface area contributed by atoms with Crippen LogP contribution in [-0.2, 0) is 0 Å². The highest BCUT2D eigenvalue weighted by molar-refractivity contribution is 5.90. The number of aliphatic imine (C=N–C) groups is 2. The SMILES string of the molecule is N#Cc1cc(C=NCC(=N)CN=Cc2ccc(F)c(C#N)c2)ccc1F. The average Bonchev–Trinajstić information content (AvgIpc) is 2.64. The minimum atomic E-state index is -0.591. The van der Waals surface area contributed by atoms with Crippen molar-refractivity contribution in [2.75, 3.05) is 13.1 Å². The number of nitrogens with one attached hydrogen (secondary N) is 1. The summed E-state index contributed by atoms with van der Waals surface area (Å²) < 4.78 is 26.4. The first-order valence-corrected chi connectivity index (χ1v) is 7.48. The van der Waals surface area contributed by atoms with Crippen LogP contribution in [0.25, 0.3) is 0 Å². The van der Waals surface area contributed by atoms with E-state index in [1.165, 1.54) is 48.8 Å². The number of benzene rings is 2. The number of nitrogens with zero attached hydrogens (tertiary/aromatic N) is 4. The molecule has 0 aliphatic heterocycles.